The molecule has 0 aliphatic carbocycles. The largest absolute Gasteiger partial charge is 0.497 e. The van der Waals surface area contributed by atoms with Crippen molar-refractivity contribution in [3.05, 3.63) is 53.7 Å². The van der Waals surface area contributed by atoms with Crippen molar-refractivity contribution >= 4 is 5.91 Å². The van der Waals surface area contributed by atoms with Gasteiger partial charge >= 0.3 is 6.18 Å². The number of benzene rings is 1. The highest BCUT2D eigenvalue weighted by molar-refractivity contribution is 5.94. The van der Waals surface area contributed by atoms with Gasteiger partial charge in [-0.1, -0.05) is 0 Å². The number of hydrogen-bond donors (Lipinski definition) is 0. The standard InChI is InChI=1S/C17H15F3N2O3/c1-24-12-6-4-11(5-7-12)16(23)22-9-13(10-22)25-15-14(17(18,19)20)3-2-8-21-15/h2-8,13H,9-10H2,1H3. The van der Waals surface area contributed by atoms with Crippen LogP contribution in [0.3, 0.4) is 0 Å². The predicted molar refractivity (Wildman–Crippen MR) is 82.6 cm³/mol. The Bertz CT molecular complexity index is 756. The van der Waals surface area contributed by atoms with E-state index >= 15 is 0 Å². The van der Waals surface area contributed by atoms with Crippen molar-refractivity contribution in [3.63, 3.8) is 0 Å². The van der Waals surface area contributed by atoms with E-state index in [1.807, 2.05) is 0 Å². The van der Waals surface area contributed by atoms with Crippen molar-refractivity contribution < 1.29 is 27.4 Å². The van der Waals surface area contributed by atoms with Crippen LogP contribution in [-0.4, -0.2) is 42.1 Å². The topological polar surface area (TPSA) is 51.7 Å². The fourth-order valence-electron chi connectivity index (χ4n) is 2.45. The first-order valence-electron chi connectivity index (χ1n) is 7.50. The molecule has 1 aliphatic heterocycles. The van der Waals surface area contributed by atoms with Crippen molar-refractivity contribution in [2.45, 2.75) is 12.3 Å². The van der Waals surface area contributed by atoms with E-state index in [9.17, 15) is 18.0 Å². The smallest absolute Gasteiger partial charge is 0.421 e. The molecule has 1 aromatic heterocycles. The number of rotatable bonds is 4. The third-order valence-electron chi connectivity index (χ3n) is 3.83. The zero-order valence-electron chi connectivity index (χ0n) is 13.3. The van der Waals surface area contributed by atoms with Crippen LogP contribution in [0.1, 0.15) is 15.9 Å². The van der Waals surface area contributed by atoms with Crippen LogP contribution in [0.4, 0.5) is 13.2 Å². The molecule has 0 bridgehead atoms. The van der Waals surface area contributed by atoms with Gasteiger partial charge in [0.15, 0.2) is 0 Å². The number of aromatic nitrogens is 1. The number of amides is 1. The van der Waals surface area contributed by atoms with Gasteiger partial charge in [0.25, 0.3) is 5.91 Å². The maximum Gasteiger partial charge on any atom is 0.421 e. The molecule has 2 aromatic rings. The number of ether oxygens (including phenoxy) is 2. The zero-order chi connectivity index (χ0) is 18.0. The molecule has 0 unspecified atom stereocenters. The van der Waals surface area contributed by atoms with Crippen LogP contribution >= 0.6 is 0 Å². The molecule has 5 nitrogen and oxygen atoms in total. The quantitative estimate of drug-likeness (QED) is 0.849. The minimum Gasteiger partial charge on any atom is -0.497 e. The molecule has 1 saturated heterocycles. The highest BCUT2D eigenvalue weighted by Crippen LogP contribution is 2.35. The van der Waals surface area contributed by atoms with Crippen LogP contribution < -0.4 is 9.47 Å². The van der Waals surface area contributed by atoms with Gasteiger partial charge in [-0.15, -0.1) is 0 Å². The van der Waals surface area contributed by atoms with E-state index in [0.717, 1.165) is 6.07 Å². The van der Waals surface area contributed by atoms with E-state index in [1.165, 1.54) is 24.3 Å². The van der Waals surface area contributed by atoms with Gasteiger partial charge in [0, 0.05) is 11.8 Å². The summed E-state index contributed by atoms with van der Waals surface area (Å²) in [5.74, 6) is -0.0349. The Morgan fingerprint density at radius 3 is 2.48 bits per heavy atom. The van der Waals surface area contributed by atoms with Crippen molar-refractivity contribution in [2.24, 2.45) is 0 Å². The molecule has 8 heteroatoms. The summed E-state index contributed by atoms with van der Waals surface area (Å²) in [7, 11) is 1.53. The van der Waals surface area contributed by atoms with Gasteiger partial charge in [0.2, 0.25) is 5.88 Å². The molecule has 0 N–H and O–H groups in total. The van der Waals surface area contributed by atoms with Gasteiger partial charge in [0.1, 0.15) is 17.4 Å². The molecule has 1 amide bonds. The van der Waals surface area contributed by atoms with Gasteiger partial charge in [-0.05, 0) is 36.4 Å². The van der Waals surface area contributed by atoms with Crippen molar-refractivity contribution in [2.75, 3.05) is 20.2 Å². The maximum absolute atomic E-state index is 12.9. The number of nitrogens with zero attached hydrogens (tertiary/aromatic N) is 2. The fraction of sp³-hybridized carbons (Fsp3) is 0.294. The van der Waals surface area contributed by atoms with Crippen LogP contribution in [0.25, 0.3) is 0 Å². The highest BCUT2D eigenvalue weighted by Gasteiger charge is 2.38. The molecule has 1 fully saturated rings. The molecule has 2 heterocycles. The minimum atomic E-state index is -4.54. The number of pyridine rings is 1. The molecule has 25 heavy (non-hydrogen) atoms. The van der Waals surface area contributed by atoms with E-state index < -0.39 is 23.7 Å². The Hall–Kier alpha value is -2.77. The van der Waals surface area contributed by atoms with Crippen LogP contribution in [0.5, 0.6) is 11.6 Å². The van der Waals surface area contributed by atoms with Crippen LogP contribution in [0.15, 0.2) is 42.6 Å². The summed E-state index contributed by atoms with van der Waals surface area (Å²) in [6.07, 6.45) is -3.81. The number of hydrogen-bond acceptors (Lipinski definition) is 4. The molecule has 0 spiro atoms. The molecule has 1 aromatic carbocycles. The van der Waals surface area contributed by atoms with E-state index in [2.05, 4.69) is 4.98 Å². The Morgan fingerprint density at radius 2 is 1.88 bits per heavy atom. The normalized spacial score (nSPS) is 14.8. The Balaban J connectivity index is 1.60. The molecular formula is C17H15F3N2O3. The van der Waals surface area contributed by atoms with Crippen molar-refractivity contribution in [3.8, 4) is 11.6 Å². The predicted octanol–water partition coefficient (Wildman–Crippen LogP) is 3.01. The lowest BCUT2D eigenvalue weighted by Gasteiger charge is -2.39. The first-order chi connectivity index (χ1) is 11.9. The van der Waals surface area contributed by atoms with Gasteiger partial charge < -0.3 is 14.4 Å². The van der Waals surface area contributed by atoms with Gasteiger partial charge in [0.05, 0.1) is 20.2 Å². The Morgan fingerprint density at radius 1 is 1.20 bits per heavy atom. The lowest BCUT2D eigenvalue weighted by Crippen LogP contribution is -2.56. The number of alkyl halides is 3. The monoisotopic (exact) mass is 352 g/mol. The van der Waals surface area contributed by atoms with Crippen molar-refractivity contribution in [1.82, 2.24) is 9.88 Å². The molecule has 3 rings (SSSR count). The SMILES string of the molecule is COc1ccc(C(=O)N2CC(Oc3ncccc3C(F)(F)F)C2)cc1. The number of carbonyl (C=O) groups excluding carboxylic acids is 1. The lowest BCUT2D eigenvalue weighted by atomic mass is 10.1. The summed E-state index contributed by atoms with van der Waals surface area (Å²) < 4.78 is 49.1. The first-order valence-corrected chi connectivity index (χ1v) is 7.50. The lowest BCUT2D eigenvalue weighted by molar-refractivity contribution is -0.140. The summed E-state index contributed by atoms with van der Waals surface area (Å²) in [4.78, 5) is 17.4. The molecule has 1 aliphatic rings. The molecular weight excluding hydrogens is 337 g/mol. The minimum absolute atomic E-state index is 0.207. The van der Waals surface area contributed by atoms with E-state index in [0.29, 0.717) is 11.3 Å². The Kier molecular flexibility index (Phi) is 4.52. The van der Waals surface area contributed by atoms with Gasteiger partial charge in [-0.2, -0.15) is 13.2 Å². The Labute approximate surface area is 142 Å². The molecule has 0 radical (unpaired) electrons. The van der Waals surface area contributed by atoms with Crippen LogP contribution in [0.2, 0.25) is 0 Å². The third kappa shape index (κ3) is 3.67. The maximum atomic E-state index is 12.9. The number of carbonyl (C=O) groups is 1. The second kappa shape index (κ2) is 6.62. The van der Waals surface area contributed by atoms with E-state index in [4.69, 9.17) is 9.47 Å². The second-order valence-corrected chi connectivity index (χ2v) is 5.53. The summed E-state index contributed by atoms with van der Waals surface area (Å²) >= 11 is 0. The summed E-state index contributed by atoms with van der Waals surface area (Å²) in [5.41, 5.74) is -0.442. The van der Waals surface area contributed by atoms with E-state index in [1.54, 1.807) is 24.3 Å². The number of halogens is 3. The van der Waals surface area contributed by atoms with Crippen molar-refractivity contribution in [1.29, 1.82) is 0 Å². The molecule has 132 valence electrons. The highest BCUT2D eigenvalue weighted by atomic mass is 19.4. The summed E-state index contributed by atoms with van der Waals surface area (Å²) in [6.45, 7) is 0.414. The fourth-order valence-corrected chi connectivity index (χ4v) is 2.45. The van der Waals surface area contributed by atoms with Gasteiger partial charge in [-0.3, -0.25) is 4.79 Å². The molecule has 0 atom stereocenters. The first kappa shape index (κ1) is 17.1. The van der Waals surface area contributed by atoms with Crippen LogP contribution in [-0.2, 0) is 6.18 Å². The summed E-state index contributed by atoms with van der Waals surface area (Å²) in [5, 5.41) is 0. The third-order valence-corrected chi connectivity index (χ3v) is 3.83. The van der Waals surface area contributed by atoms with E-state index in [-0.39, 0.29) is 19.0 Å². The second-order valence-electron chi connectivity index (χ2n) is 5.53. The zero-order valence-corrected chi connectivity index (χ0v) is 13.3. The molecule has 0 saturated carbocycles. The summed E-state index contributed by atoms with van der Waals surface area (Å²) in [6, 6.07) is 8.73. The number of likely N-dealkylation sites (tertiary alicyclic amines) is 1. The average Bonchev–Trinajstić information content (AvgIpc) is 2.57. The van der Waals surface area contributed by atoms with Gasteiger partial charge in [-0.25, -0.2) is 4.98 Å². The van der Waals surface area contributed by atoms with Crippen LogP contribution in [0, 0.1) is 0 Å². The number of methoxy groups -OCH3 is 1. The average molecular weight is 352 g/mol.